The second-order valence-corrected chi connectivity index (χ2v) is 8.94. The summed E-state index contributed by atoms with van der Waals surface area (Å²) < 4.78 is 30.1. The van der Waals surface area contributed by atoms with Crippen molar-refractivity contribution in [1.29, 1.82) is 0 Å². The Balaban J connectivity index is 2.09. The Labute approximate surface area is 172 Å². The van der Waals surface area contributed by atoms with Crippen molar-refractivity contribution < 1.29 is 28.2 Å². The number of esters is 2. The Kier molecular flexibility index (Phi) is 7.66. The van der Waals surface area contributed by atoms with Crippen molar-refractivity contribution in [2.45, 2.75) is 77.9 Å². The number of rotatable bonds is 8. The Morgan fingerprint density at radius 1 is 1.21 bits per heavy atom. The molecule has 0 amide bonds. The minimum Gasteiger partial charge on any atom is -0.496 e. The summed E-state index contributed by atoms with van der Waals surface area (Å²) in [6.07, 6.45) is 2.73. The summed E-state index contributed by atoms with van der Waals surface area (Å²) in [5, 5.41) is 0. The molecule has 1 aromatic carbocycles. The van der Waals surface area contributed by atoms with Crippen molar-refractivity contribution in [2.24, 2.45) is 11.8 Å². The van der Waals surface area contributed by atoms with Crippen LogP contribution < -0.4 is 4.74 Å². The maximum absolute atomic E-state index is 13.6. The van der Waals surface area contributed by atoms with Crippen molar-refractivity contribution >= 4 is 11.9 Å². The molecule has 1 aliphatic rings. The van der Waals surface area contributed by atoms with E-state index in [4.69, 9.17) is 14.2 Å². The first-order valence-corrected chi connectivity index (χ1v) is 10.3. The predicted molar refractivity (Wildman–Crippen MR) is 108 cm³/mol. The van der Waals surface area contributed by atoms with Gasteiger partial charge in [0.15, 0.2) is 0 Å². The smallest absolute Gasteiger partial charge is 0.309 e. The molecular formula is C23H33FO5. The van der Waals surface area contributed by atoms with Gasteiger partial charge in [-0.25, -0.2) is 4.39 Å². The van der Waals surface area contributed by atoms with Gasteiger partial charge in [-0.05, 0) is 52.5 Å². The molecule has 1 saturated carbocycles. The molecule has 2 rings (SSSR count). The number of hydrogen-bond donors (Lipinski definition) is 0. The topological polar surface area (TPSA) is 61.8 Å². The summed E-state index contributed by atoms with van der Waals surface area (Å²) in [4.78, 5) is 24.6. The van der Waals surface area contributed by atoms with Gasteiger partial charge in [-0.1, -0.05) is 19.4 Å². The van der Waals surface area contributed by atoms with Crippen molar-refractivity contribution in [1.82, 2.24) is 0 Å². The van der Waals surface area contributed by atoms with Gasteiger partial charge in [0.2, 0.25) is 0 Å². The molecular weight excluding hydrogens is 375 g/mol. The van der Waals surface area contributed by atoms with Crippen LogP contribution in [0.2, 0.25) is 0 Å². The van der Waals surface area contributed by atoms with Gasteiger partial charge in [-0.3, -0.25) is 9.59 Å². The normalized spacial score (nSPS) is 17.6. The second kappa shape index (κ2) is 9.59. The fourth-order valence-electron chi connectivity index (χ4n) is 3.74. The highest BCUT2D eigenvalue weighted by Crippen LogP contribution is 2.45. The molecule has 0 spiro atoms. The summed E-state index contributed by atoms with van der Waals surface area (Å²) in [5.74, 6) is -1.11. The molecule has 0 radical (unpaired) electrons. The molecule has 5 nitrogen and oxygen atoms in total. The summed E-state index contributed by atoms with van der Waals surface area (Å²) in [6, 6.07) is 4.48. The van der Waals surface area contributed by atoms with Gasteiger partial charge in [-0.15, -0.1) is 0 Å². The van der Waals surface area contributed by atoms with Gasteiger partial charge in [-0.2, -0.15) is 0 Å². The molecule has 0 bridgehead atoms. The van der Waals surface area contributed by atoms with E-state index in [1.54, 1.807) is 33.8 Å². The van der Waals surface area contributed by atoms with Crippen LogP contribution in [0.5, 0.6) is 5.75 Å². The largest absolute Gasteiger partial charge is 0.496 e. The molecule has 0 N–H and O–H groups in total. The van der Waals surface area contributed by atoms with Gasteiger partial charge in [0.05, 0.1) is 19.4 Å². The third-order valence-electron chi connectivity index (χ3n) is 5.32. The Morgan fingerprint density at radius 3 is 2.38 bits per heavy atom. The lowest BCUT2D eigenvalue weighted by Crippen LogP contribution is -2.34. The first-order valence-electron chi connectivity index (χ1n) is 10.3. The van der Waals surface area contributed by atoms with Crippen molar-refractivity contribution in [3.8, 4) is 5.75 Å². The zero-order chi connectivity index (χ0) is 21.8. The van der Waals surface area contributed by atoms with Crippen molar-refractivity contribution in [3.63, 3.8) is 0 Å². The number of hydrogen-bond acceptors (Lipinski definition) is 5. The Bertz CT molecular complexity index is 720. The first kappa shape index (κ1) is 23.2. The number of benzene rings is 1. The van der Waals surface area contributed by atoms with Gasteiger partial charge >= 0.3 is 11.9 Å². The third kappa shape index (κ3) is 6.44. The number of carbonyl (C=O) groups excluding carboxylic acids is 2. The minimum atomic E-state index is -0.607. The van der Waals surface area contributed by atoms with Gasteiger partial charge < -0.3 is 14.2 Å². The zero-order valence-electron chi connectivity index (χ0n) is 18.3. The van der Waals surface area contributed by atoms with Crippen LogP contribution in [0.15, 0.2) is 18.2 Å². The van der Waals surface area contributed by atoms with E-state index < -0.39 is 29.6 Å². The average molecular weight is 409 g/mol. The third-order valence-corrected chi connectivity index (χ3v) is 5.32. The predicted octanol–water partition coefficient (Wildman–Crippen LogP) is 5.02. The molecule has 0 unspecified atom stereocenters. The van der Waals surface area contributed by atoms with E-state index in [1.165, 1.54) is 19.2 Å². The Hall–Kier alpha value is -2.11. The van der Waals surface area contributed by atoms with Crippen LogP contribution in [0.25, 0.3) is 0 Å². The van der Waals surface area contributed by atoms with Crippen molar-refractivity contribution in [3.05, 3.63) is 29.6 Å². The summed E-state index contributed by atoms with van der Waals surface area (Å²) in [6.45, 7) is 8.87. The standard InChI is InChI=1S/C23H33FO5/c1-14(12-20(25)29-23(3,4)5)22(26)28-15(2)21(16-8-7-9-16)18-11-10-17(24)13-19(18)27-6/h10-11,13-16,21H,7-9,12H2,1-6H3/t14-,15+,21+/m1/s1. The molecule has 0 heterocycles. The number of ether oxygens (including phenoxy) is 3. The first-order chi connectivity index (χ1) is 13.5. The highest BCUT2D eigenvalue weighted by molar-refractivity contribution is 5.80. The Morgan fingerprint density at radius 2 is 1.86 bits per heavy atom. The maximum atomic E-state index is 13.6. The second-order valence-electron chi connectivity index (χ2n) is 8.94. The molecule has 1 aromatic rings. The summed E-state index contributed by atoms with van der Waals surface area (Å²) in [5.41, 5.74) is 0.251. The van der Waals surface area contributed by atoms with Crippen LogP contribution in [0.1, 0.15) is 71.8 Å². The molecule has 29 heavy (non-hydrogen) atoms. The molecule has 1 aliphatic carbocycles. The van der Waals surface area contributed by atoms with E-state index in [-0.39, 0.29) is 18.2 Å². The van der Waals surface area contributed by atoms with E-state index in [1.807, 2.05) is 6.92 Å². The highest BCUT2D eigenvalue weighted by atomic mass is 19.1. The lowest BCUT2D eigenvalue weighted by molar-refractivity contribution is -0.164. The van der Waals surface area contributed by atoms with Gasteiger partial charge in [0.1, 0.15) is 23.3 Å². The monoisotopic (exact) mass is 408 g/mol. The van der Waals surface area contributed by atoms with Crippen molar-refractivity contribution in [2.75, 3.05) is 7.11 Å². The number of halogens is 1. The van der Waals surface area contributed by atoms with Crippen LogP contribution in [0.3, 0.4) is 0 Å². The molecule has 3 atom stereocenters. The fraction of sp³-hybridized carbons (Fsp3) is 0.652. The number of carbonyl (C=O) groups is 2. The van der Waals surface area contributed by atoms with Gasteiger partial charge in [0.25, 0.3) is 0 Å². The van der Waals surface area contributed by atoms with Crippen LogP contribution >= 0.6 is 0 Å². The zero-order valence-corrected chi connectivity index (χ0v) is 18.3. The maximum Gasteiger partial charge on any atom is 0.309 e. The SMILES string of the molecule is COc1cc(F)ccc1[C@H](C1CCC1)[C@H](C)OC(=O)[C@H](C)CC(=O)OC(C)(C)C. The number of methoxy groups -OCH3 is 1. The minimum absolute atomic E-state index is 0.0310. The lowest BCUT2D eigenvalue weighted by Gasteiger charge is -2.38. The summed E-state index contributed by atoms with van der Waals surface area (Å²) in [7, 11) is 1.51. The van der Waals surface area contributed by atoms with Crippen LogP contribution in [0.4, 0.5) is 4.39 Å². The summed E-state index contributed by atoms with van der Waals surface area (Å²) >= 11 is 0. The van der Waals surface area contributed by atoms with Crippen LogP contribution in [-0.4, -0.2) is 30.8 Å². The van der Waals surface area contributed by atoms with Crippen LogP contribution in [0, 0.1) is 17.7 Å². The fourth-order valence-corrected chi connectivity index (χ4v) is 3.74. The molecule has 162 valence electrons. The molecule has 0 aliphatic heterocycles. The van der Waals surface area contributed by atoms with E-state index in [0.717, 1.165) is 24.8 Å². The quantitative estimate of drug-likeness (QED) is 0.565. The average Bonchev–Trinajstić information content (AvgIpc) is 2.56. The molecule has 0 saturated heterocycles. The molecule has 6 heteroatoms. The van der Waals surface area contributed by atoms with E-state index in [2.05, 4.69) is 0 Å². The molecule has 0 aromatic heterocycles. The lowest BCUT2D eigenvalue weighted by atomic mass is 9.70. The highest BCUT2D eigenvalue weighted by Gasteiger charge is 2.37. The van der Waals surface area contributed by atoms with E-state index in [9.17, 15) is 14.0 Å². The van der Waals surface area contributed by atoms with E-state index in [0.29, 0.717) is 11.7 Å². The molecule has 1 fully saturated rings. The van der Waals surface area contributed by atoms with E-state index >= 15 is 0 Å². The van der Waals surface area contributed by atoms with Gasteiger partial charge in [0, 0.05) is 17.5 Å². The van der Waals surface area contributed by atoms with Crippen LogP contribution in [-0.2, 0) is 19.1 Å².